The lowest BCUT2D eigenvalue weighted by Gasteiger charge is -2.14. The first-order valence-electron chi connectivity index (χ1n) is 8.15. The maximum atomic E-state index is 6.15. The van der Waals surface area contributed by atoms with E-state index in [9.17, 15) is 0 Å². The molecule has 1 aliphatic rings. The Morgan fingerprint density at radius 1 is 1.19 bits per heavy atom. The molecule has 8 nitrogen and oxygen atoms in total. The highest BCUT2D eigenvalue weighted by molar-refractivity contribution is 5.97. The summed E-state index contributed by atoms with van der Waals surface area (Å²) in [5.41, 5.74) is 14.0. The first kappa shape index (κ1) is 14.8. The predicted molar refractivity (Wildman–Crippen MR) is 96.4 cm³/mol. The van der Waals surface area contributed by atoms with Gasteiger partial charge >= 0.3 is 0 Å². The van der Waals surface area contributed by atoms with Crippen LogP contribution in [0, 0.1) is 0 Å². The molecule has 1 aliphatic heterocycles. The molecule has 0 amide bonds. The van der Waals surface area contributed by atoms with Crippen LogP contribution in [0.5, 0.6) is 17.2 Å². The molecule has 0 aliphatic carbocycles. The molecule has 2 aromatic heterocycles. The van der Waals surface area contributed by atoms with E-state index < -0.39 is 0 Å². The Labute approximate surface area is 147 Å². The Bertz CT molecular complexity index is 1170. The van der Waals surface area contributed by atoms with Crippen LogP contribution in [-0.4, -0.2) is 21.7 Å². The van der Waals surface area contributed by atoms with Crippen LogP contribution in [0.15, 0.2) is 35.0 Å². The molecular formula is C18H15N5O3. The summed E-state index contributed by atoms with van der Waals surface area (Å²) in [7, 11) is 0. The molecule has 130 valence electrons. The van der Waals surface area contributed by atoms with E-state index in [0.29, 0.717) is 46.2 Å². The summed E-state index contributed by atoms with van der Waals surface area (Å²) in [5.74, 6) is 2.49. The van der Waals surface area contributed by atoms with Gasteiger partial charge in [0.15, 0.2) is 5.58 Å². The van der Waals surface area contributed by atoms with Gasteiger partial charge in [-0.2, -0.15) is 4.98 Å². The molecule has 0 spiro atoms. The molecule has 3 heterocycles. The normalized spacial score (nSPS) is 16.0. The topological polar surface area (TPSA) is 122 Å². The fourth-order valence-corrected chi connectivity index (χ4v) is 3.32. The Morgan fingerprint density at radius 2 is 2.08 bits per heavy atom. The molecule has 4 N–H and O–H groups in total. The van der Waals surface area contributed by atoms with Gasteiger partial charge in [0.2, 0.25) is 5.95 Å². The van der Waals surface area contributed by atoms with E-state index in [1.807, 2.05) is 18.2 Å². The second-order valence-electron chi connectivity index (χ2n) is 6.32. The van der Waals surface area contributed by atoms with Gasteiger partial charge in [-0.1, -0.05) is 12.1 Å². The van der Waals surface area contributed by atoms with E-state index in [0.717, 1.165) is 10.9 Å². The minimum absolute atomic E-state index is 0.107. The third-order valence-corrected chi connectivity index (χ3v) is 4.51. The zero-order valence-corrected chi connectivity index (χ0v) is 13.9. The summed E-state index contributed by atoms with van der Waals surface area (Å²) in [6.07, 6.45) is 1.66. The van der Waals surface area contributed by atoms with Crippen LogP contribution in [0.2, 0.25) is 0 Å². The van der Waals surface area contributed by atoms with E-state index in [2.05, 4.69) is 22.0 Å². The number of rotatable bonds is 2. The highest BCUT2D eigenvalue weighted by Gasteiger charge is 2.29. The lowest BCUT2D eigenvalue weighted by atomic mass is 9.99. The molecule has 26 heavy (non-hydrogen) atoms. The summed E-state index contributed by atoms with van der Waals surface area (Å²) in [6.45, 7) is 2.61. The van der Waals surface area contributed by atoms with Gasteiger partial charge in [-0.3, -0.25) is 0 Å². The molecule has 0 saturated carbocycles. The van der Waals surface area contributed by atoms with Crippen LogP contribution in [0.25, 0.3) is 21.9 Å². The van der Waals surface area contributed by atoms with Crippen molar-refractivity contribution in [3.05, 3.63) is 36.0 Å². The zero-order chi connectivity index (χ0) is 17.8. The van der Waals surface area contributed by atoms with Crippen LogP contribution >= 0.6 is 0 Å². The predicted octanol–water partition coefficient (Wildman–Crippen LogP) is 3.22. The van der Waals surface area contributed by atoms with Crippen molar-refractivity contribution in [1.29, 1.82) is 0 Å². The van der Waals surface area contributed by atoms with E-state index in [-0.39, 0.29) is 11.9 Å². The summed E-state index contributed by atoms with van der Waals surface area (Å²) in [5, 5.41) is 5.36. The molecule has 4 aromatic rings. The molecule has 5 rings (SSSR count). The van der Waals surface area contributed by atoms with E-state index in [1.165, 1.54) is 0 Å². The van der Waals surface area contributed by atoms with Crippen molar-refractivity contribution in [3.8, 4) is 17.2 Å². The summed E-state index contributed by atoms with van der Waals surface area (Å²) in [6, 6.07) is 7.36. The second kappa shape index (κ2) is 5.22. The van der Waals surface area contributed by atoms with Crippen molar-refractivity contribution in [3.63, 3.8) is 0 Å². The molecule has 1 atom stereocenters. The van der Waals surface area contributed by atoms with Crippen molar-refractivity contribution in [2.24, 2.45) is 0 Å². The third kappa shape index (κ3) is 2.12. The van der Waals surface area contributed by atoms with Gasteiger partial charge in [-0.05, 0) is 12.1 Å². The average molecular weight is 349 g/mol. The molecule has 0 radical (unpaired) electrons. The number of benzene rings is 2. The van der Waals surface area contributed by atoms with E-state index in [4.69, 9.17) is 25.5 Å². The summed E-state index contributed by atoms with van der Waals surface area (Å²) in [4.78, 5) is 8.33. The lowest BCUT2D eigenvalue weighted by molar-refractivity contribution is 0.340. The maximum Gasteiger partial charge on any atom is 0.222 e. The zero-order valence-electron chi connectivity index (χ0n) is 13.9. The van der Waals surface area contributed by atoms with Gasteiger partial charge in [-0.25, -0.2) is 4.98 Å². The fraction of sp³-hybridized carbons (Fsp3) is 0.167. The van der Waals surface area contributed by atoms with Crippen LogP contribution in [-0.2, 0) is 0 Å². The quantitative estimate of drug-likeness (QED) is 0.565. The molecule has 2 aromatic carbocycles. The van der Waals surface area contributed by atoms with Crippen molar-refractivity contribution in [2.75, 3.05) is 18.1 Å². The molecule has 0 saturated heterocycles. The monoisotopic (exact) mass is 349 g/mol. The van der Waals surface area contributed by atoms with Gasteiger partial charge in [0.1, 0.15) is 23.1 Å². The van der Waals surface area contributed by atoms with E-state index in [1.54, 1.807) is 12.3 Å². The van der Waals surface area contributed by atoms with Crippen molar-refractivity contribution >= 4 is 33.6 Å². The van der Waals surface area contributed by atoms with Crippen LogP contribution in [0.3, 0.4) is 0 Å². The molecule has 8 heteroatoms. The molecule has 0 bridgehead atoms. The van der Waals surface area contributed by atoms with Gasteiger partial charge in [0.05, 0.1) is 23.7 Å². The minimum atomic E-state index is 0.107. The fourth-order valence-electron chi connectivity index (χ4n) is 3.32. The number of nitrogens with zero attached hydrogens (tertiary/aromatic N) is 3. The van der Waals surface area contributed by atoms with Gasteiger partial charge in [0, 0.05) is 29.0 Å². The summed E-state index contributed by atoms with van der Waals surface area (Å²) < 4.78 is 17.2. The van der Waals surface area contributed by atoms with Gasteiger partial charge in [-0.15, -0.1) is 0 Å². The minimum Gasteiger partial charge on any atom is -0.492 e. The van der Waals surface area contributed by atoms with Crippen molar-refractivity contribution < 1.29 is 14.0 Å². The standard InChI is InChI=1S/C18H15N5O3/c1-8-7-24-16-14(8)13(5-11-15(16)17(19)23-18(20)22-11)25-10-3-2-9-6-21-26-12(9)4-10/h2-6,8H,7H2,1H3,(H4,19,20,22,23). The number of nitrogen functional groups attached to an aromatic ring is 2. The number of ether oxygens (including phenoxy) is 2. The highest BCUT2D eigenvalue weighted by atomic mass is 16.5. The van der Waals surface area contributed by atoms with E-state index >= 15 is 0 Å². The highest BCUT2D eigenvalue weighted by Crippen LogP contribution is 2.48. The number of hydrogen-bond acceptors (Lipinski definition) is 8. The average Bonchev–Trinajstić information content (AvgIpc) is 3.20. The third-order valence-electron chi connectivity index (χ3n) is 4.51. The Morgan fingerprint density at radius 3 is 2.96 bits per heavy atom. The number of hydrogen-bond donors (Lipinski definition) is 2. The number of fused-ring (bicyclic) bond motifs is 4. The van der Waals surface area contributed by atoms with Crippen LogP contribution < -0.4 is 20.9 Å². The first-order valence-corrected chi connectivity index (χ1v) is 8.15. The maximum absolute atomic E-state index is 6.15. The van der Waals surface area contributed by atoms with Crippen LogP contribution in [0.1, 0.15) is 18.4 Å². The lowest BCUT2D eigenvalue weighted by Crippen LogP contribution is -2.02. The Kier molecular flexibility index (Phi) is 2.96. The number of anilines is 2. The molecular weight excluding hydrogens is 334 g/mol. The van der Waals surface area contributed by atoms with Crippen LogP contribution in [0.4, 0.5) is 11.8 Å². The second-order valence-corrected chi connectivity index (χ2v) is 6.32. The van der Waals surface area contributed by atoms with Gasteiger partial charge in [0.25, 0.3) is 0 Å². The number of nitrogens with two attached hydrogens (primary N) is 2. The SMILES string of the molecule is CC1COc2c1c(Oc1ccc3cnoc3c1)cc1nc(N)nc(N)c21. The first-order chi connectivity index (χ1) is 12.6. The van der Waals surface area contributed by atoms with Crippen molar-refractivity contribution in [2.45, 2.75) is 12.8 Å². The Hall–Kier alpha value is -3.55. The molecule has 1 unspecified atom stereocenters. The number of aromatic nitrogens is 3. The van der Waals surface area contributed by atoms with Crippen molar-refractivity contribution in [1.82, 2.24) is 15.1 Å². The molecule has 0 fully saturated rings. The van der Waals surface area contributed by atoms with Gasteiger partial charge < -0.3 is 25.5 Å². The smallest absolute Gasteiger partial charge is 0.222 e. The Balaban J connectivity index is 1.70. The largest absolute Gasteiger partial charge is 0.492 e. The summed E-state index contributed by atoms with van der Waals surface area (Å²) >= 11 is 0.